The fraction of sp³-hybridized carbons (Fsp3) is 0.429. The van der Waals surface area contributed by atoms with Gasteiger partial charge in [-0.3, -0.25) is 9.59 Å². The van der Waals surface area contributed by atoms with Crippen molar-refractivity contribution in [3.63, 3.8) is 0 Å². The number of hydrogen-bond donors (Lipinski definition) is 3. The molecule has 5 nitrogen and oxygen atoms in total. The van der Waals surface area contributed by atoms with Crippen LogP contribution in [0.4, 0.5) is 5.69 Å². The van der Waals surface area contributed by atoms with Crippen LogP contribution in [0.1, 0.15) is 12.8 Å². The van der Waals surface area contributed by atoms with E-state index in [9.17, 15) is 9.59 Å². The highest BCUT2D eigenvalue weighted by Gasteiger charge is 2.20. The van der Waals surface area contributed by atoms with Gasteiger partial charge in [0, 0.05) is 5.02 Å². The monoisotopic (exact) mass is 365 g/mol. The van der Waals surface area contributed by atoms with E-state index >= 15 is 0 Å². The third-order valence-corrected chi connectivity index (χ3v) is 3.63. The second-order valence-electron chi connectivity index (χ2n) is 5.02. The molecule has 1 saturated carbocycles. The Balaban J connectivity index is 0.00000242. The average molecular weight is 367 g/mol. The summed E-state index contributed by atoms with van der Waals surface area (Å²) in [4.78, 5) is 23.2. The van der Waals surface area contributed by atoms with E-state index in [1.807, 2.05) is 0 Å². The maximum absolute atomic E-state index is 11.7. The summed E-state index contributed by atoms with van der Waals surface area (Å²) in [5, 5.41) is 9.07. The van der Waals surface area contributed by atoms with Gasteiger partial charge in [0.2, 0.25) is 11.8 Å². The Morgan fingerprint density at radius 1 is 1.14 bits per heavy atom. The van der Waals surface area contributed by atoms with Crippen molar-refractivity contribution in [1.29, 1.82) is 0 Å². The number of anilines is 1. The average Bonchev–Trinajstić information content (AvgIpc) is 3.25. The highest BCUT2D eigenvalue weighted by molar-refractivity contribution is 6.35. The van der Waals surface area contributed by atoms with Crippen molar-refractivity contribution in [3.8, 4) is 0 Å². The van der Waals surface area contributed by atoms with E-state index in [-0.39, 0.29) is 37.3 Å². The summed E-state index contributed by atoms with van der Waals surface area (Å²) >= 11 is 11.8. The van der Waals surface area contributed by atoms with Crippen LogP contribution in [0.3, 0.4) is 0 Å². The lowest BCUT2D eigenvalue weighted by atomic mass is 10.3. The van der Waals surface area contributed by atoms with Crippen molar-refractivity contribution in [1.82, 2.24) is 10.6 Å². The first-order valence-electron chi connectivity index (χ1n) is 6.77. The number of halogens is 3. The van der Waals surface area contributed by atoms with Crippen LogP contribution in [0.5, 0.6) is 0 Å². The summed E-state index contributed by atoms with van der Waals surface area (Å²) in [5.41, 5.74) is 0.426. The number of nitrogens with one attached hydrogen (secondary N) is 3. The van der Waals surface area contributed by atoms with Crippen LogP contribution < -0.4 is 16.0 Å². The van der Waals surface area contributed by atoms with Gasteiger partial charge in [-0.05, 0) is 43.5 Å². The van der Waals surface area contributed by atoms with E-state index in [4.69, 9.17) is 23.2 Å². The molecule has 0 aromatic heterocycles. The number of carbonyl (C=O) groups excluding carboxylic acids is 2. The SMILES string of the molecule is Cl.O=C(CNCC1CC1)NCC(=O)Nc1cc(Cl)ccc1Cl. The van der Waals surface area contributed by atoms with Crippen LogP contribution in [0.15, 0.2) is 18.2 Å². The smallest absolute Gasteiger partial charge is 0.243 e. The largest absolute Gasteiger partial charge is 0.346 e. The lowest BCUT2D eigenvalue weighted by molar-refractivity contribution is -0.123. The van der Waals surface area contributed by atoms with Crippen molar-refractivity contribution in [2.75, 3.05) is 25.0 Å². The van der Waals surface area contributed by atoms with E-state index in [0.717, 1.165) is 6.54 Å². The Morgan fingerprint density at radius 2 is 1.86 bits per heavy atom. The van der Waals surface area contributed by atoms with Crippen molar-refractivity contribution >= 4 is 53.1 Å². The van der Waals surface area contributed by atoms with Gasteiger partial charge in [0.05, 0.1) is 23.8 Å². The molecule has 8 heteroatoms. The molecule has 2 amide bonds. The van der Waals surface area contributed by atoms with Crippen molar-refractivity contribution in [2.24, 2.45) is 5.92 Å². The number of rotatable bonds is 7. The second-order valence-corrected chi connectivity index (χ2v) is 5.87. The number of amides is 2. The molecule has 0 atom stereocenters. The molecule has 0 aliphatic heterocycles. The topological polar surface area (TPSA) is 70.2 Å². The van der Waals surface area contributed by atoms with E-state index < -0.39 is 0 Å². The predicted octanol–water partition coefficient (Wildman–Crippen LogP) is 2.47. The maximum atomic E-state index is 11.7. The van der Waals surface area contributed by atoms with Crippen LogP contribution in [-0.2, 0) is 9.59 Å². The van der Waals surface area contributed by atoms with Gasteiger partial charge in [-0.2, -0.15) is 0 Å². The van der Waals surface area contributed by atoms with Gasteiger partial charge in [-0.25, -0.2) is 0 Å². The van der Waals surface area contributed by atoms with Crippen LogP contribution >= 0.6 is 35.6 Å². The molecular weight excluding hydrogens is 349 g/mol. The van der Waals surface area contributed by atoms with Gasteiger partial charge in [-0.1, -0.05) is 23.2 Å². The van der Waals surface area contributed by atoms with E-state index in [1.165, 1.54) is 12.8 Å². The Kier molecular flexibility index (Phi) is 7.96. The zero-order chi connectivity index (χ0) is 15.2. The van der Waals surface area contributed by atoms with Crippen LogP contribution in [0.25, 0.3) is 0 Å². The Morgan fingerprint density at radius 3 is 2.55 bits per heavy atom. The maximum Gasteiger partial charge on any atom is 0.243 e. The minimum atomic E-state index is -0.352. The molecule has 0 saturated heterocycles. The first kappa shape index (κ1) is 19.0. The highest BCUT2D eigenvalue weighted by atomic mass is 35.5. The molecule has 1 fully saturated rings. The van der Waals surface area contributed by atoms with Crippen molar-refractivity contribution in [3.05, 3.63) is 28.2 Å². The van der Waals surface area contributed by atoms with Gasteiger partial charge in [-0.15, -0.1) is 12.4 Å². The fourth-order valence-corrected chi connectivity index (χ4v) is 2.08. The minimum absolute atomic E-state index is 0. The van der Waals surface area contributed by atoms with Crippen molar-refractivity contribution < 1.29 is 9.59 Å². The number of hydrogen-bond acceptors (Lipinski definition) is 3. The van der Waals surface area contributed by atoms with E-state index in [0.29, 0.717) is 21.7 Å². The molecule has 122 valence electrons. The lowest BCUT2D eigenvalue weighted by Crippen LogP contribution is -2.39. The van der Waals surface area contributed by atoms with Crippen LogP contribution in [-0.4, -0.2) is 31.4 Å². The van der Waals surface area contributed by atoms with Crippen molar-refractivity contribution in [2.45, 2.75) is 12.8 Å². The molecule has 2 rings (SSSR count). The summed E-state index contributed by atoms with van der Waals surface area (Å²) in [6.45, 7) is 0.978. The summed E-state index contributed by atoms with van der Waals surface area (Å²) in [6.07, 6.45) is 2.47. The molecule has 1 aromatic rings. The van der Waals surface area contributed by atoms with Gasteiger partial charge in [0.1, 0.15) is 0 Å². The van der Waals surface area contributed by atoms with E-state index in [2.05, 4.69) is 16.0 Å². The van der Waals surface area contributed by atoms with Crippen LogP contribution in [0, 0.1) is 5.92 Å². The molecule has 0 heterocycles. The molecule has 0 spiro atoms. The molecule has 0 radical (unpaired) electrons. The lowest BCUT2D eigenvalue weighted by Gasteiger charge is -2.09. The van der Waals surface area contributed by atoms with Gasteiger partial charge in [0.15, 0.2) is 0 Å². The minimum Gasteiger partial charge on any atom is -0.346 e. The quantitative estimate of drug-likeness (QED) is 0.694. The van der Waals surface area contributed by atoms with E-state index in [1.54, 1.807) is 18.2 Å². The highest BCUT2D eigenvalue weighted by Crippen LogP contribution is 2.27. The molecular formula is C14H18Cl3N3O2. The van der Waals surface area contributed by atoms with Gasteiger partial charge < -0.3 is 16.0 Å². The van der Waals surface area contributed by atoms with Gasteiger partial charge >= 0.3 is 0 Å². The third-order valence-electron chi connectivity index (χ3n) is 3.06. The molecule has 0 unspecified atom stereocenters. The zero-order valence-corrected chi connectivity index (χ0v) is 14.2. The van der Waals surface area contributed by atoms with Crippen LogP contribution in [0.2, 0.25) is 10.0 Å². The molecule has 22 heavy (non-hydrogen) atoms. The first-order valence-corrected chi connectivity index (χ1v) is 7.52. The third kappa shape index (κ3) is 6.83. The standard InChI is InChI=1S/C14H17Cl2N3O2.ClH/c15-10-3-4-11(16)12(5-10)19-14(21)8-18-13(20)7-17-6-9-1-2-9;/h3-5,9,17H,1-2,6-8H2,(H,18,20)(H,19,21);1H. The first-order chi connectivity index (χ1) is 10.0. The zero-order valence-electron chi connectivity index (χ0n) is 11.8. The Bertz CT molecular complexity index is 536. The summed E-state index contributed by atoms with van der Waals surface area (Å²) in [5.74, 6) is 0.156. The summed E-state index contributed by atoms with van der Waals surface area (Å²) in [7, 11) is 0. The summed E-state index contributed by atoms with van der Waals surface area (Å²) in [6, 6.07) is 4.79. The molecule has 0 bridgehead atoms. The van der Waals surface area contributed by atoms with Gasteiger partial charge in [0.25, 0.3) is 0 Å². The molecule has 1 aliphatic rings. The Hall–Kier alpha value is -1.01. The molecule has 3 N–H and O–H groups in total. The summed E-state index contributed by atoms with van der Waals surface area (Å²) < 4.78 is 0. The molecule has 1 aromatic carbocycles. The second kappa shape index (κ2) is 9.20. The molecule has 1 aliphatic carbocycles. The number of carbonyl (C=O) groups is 2. The fourth-order valence-electron chi connectivity index (χ4n) is 1.74. The predicted molar refractivity (Wildman–Crippen MR) is 90.9 cm³/mol. The normalized spacial score (nSPS) is 13.2. The number of benzene rings is 1. The Labute approximate surface area is 145 Å².